The maximum atomic E-state index is 12.5. The summed E-state index contributed by atoms with van der Waals surface area (Å²) in [6.45, 7) is 8.13. The molecule has 1 amide bonds. The van der Waals surface area contributed by atoms with Gasteiger partial charge < -0.3 is 9.64 Å². The van der Waals surface area contributed by atoms with Crippen LogP contribution in [0.25, 0.3) is 0 Å². The molecule has 0 saturated carbocycles. The van der Waals surface area contributed by atoms with E-state index in [1.807, 2.05) is 4.90 Å². The Labute approximate surface area is 145 Å². The van der Waals surface area contributed by atoms with E-state index in [0.29, 0.717) is 31.5 Å². The number of rotatable bonds is 4. The average Bonchev–Trinajstić information content (AvgIpc) is 2.63. The van der Waals surface area contributed by atoms with Gasteiger partial charge in [0.2, 0.25) is 5.91 Å². The van der Waals surface area contributed by atoms with Crippen LogP contribution >= 0.6 is 0 Å². The van der Waals surface area contributed by atoms with Crippen LogP contribution in [0, 0.1) is 0 Å². The van der Waals surface area contributed by atoms with Crippen LogP contribution in [0.15, 0.2) is 24.3 Å². The van der Waals surface area contributed by atoms with Gasteiger partial charge in [-0.3, -0.25) is 4.79 Å². The van der Waals surface area contributed by atoms with Crippen LogP contribution in [0.5, 0.6) is 0 Å². The van der Waals surface area contributed by atoms with Crippen LogP contribution in [-0.4, -0.2) is 49.7 Å². The fourth-order valence-corrected chi connectivity index (χ4v) is 3.70. The molecule has 2 heterocycles. The summed E-state index contributed by atoms with van der Waals surface area (Å²) < 4.78 is 5.33. The Hall–Kier alpha value is -1.39. The molecule has 0 aliphatic carbocycles. The standard InChI is InChI=1S/C20H29N2O2/c1-15(2)16-4-3-5-17(12-16)18-6-7-21-19(13-18)14-20(23)22-8-10-24-11-9-22/h3-5,12,15,18-19H,6-11,13-14H2,1-2H3. The SMILES string of the molecule is CC(C)c1cccc(C2CC[N]C(CC(=O)N3CCOCC3)C2)c1. The van der Waals surface area contributed by atoms with Crippen molar-refractivity contribution in [2.45, 2.75) is 51.0 Å². The van der Waals surface area contributed by atoms with Crippen molar-refractivity contribution in [1.29, 1.82) is 0 Å². The van der Waals surface area contributed by atoms with E-state index in [1.165, 1.54) is 11.1 Å². The van der Waals surface area contributed by atoms with Crippen molar-refractivity contribution in [3.63, 3.8) is 0 Å². The van der Waals surface area contributed by atoms with Crippen molar-refractivity contribution in [2.24, 2.45) is 0 Å². The number of carbonyl (C=O) groups excluding carboxylic acids is 1. The first kappa shape index (κ1) is 17.4. The first-order chi connectivity index (χ1) is 11.6. The van der Waals surface area contributed by atoms with Gasteiger partial charge in [0.05, 0.1) is 13.2 Å². The lowest BCUT2D eigenvalue weighted by Gasteiger charge is -2.32. The van der Waals surface area contributed by atoms with E-state index >= 15 is 0 Å². The number of benzene rings is 1. The second kappa shape index (κ2) is 8.13. The highest BCUT2D eigenvalue weighted by atomic mass is 16.5. The third-order valence-corrected chi connectivity index (χ3v) is 5.24. The quantitative estimate of drug-likeness (QED) is 0.852. The van der Waals surface area contributed by atoms with Gasteiger partial charge in [-0.2, -0.15) is 0 Å². The van der Waals surface area contributed by atoms with Gasteiger partial charge in [0.25, 0.3) is 0 Å². The van der Waals surface area contributed by atoms with Crippen molar-refractivity contribution in [2.75, 3.05) is 32.8 Å². The maximum absolute atomic E-state index is 12.5. The molecule has 4 heteroatoms. The van der Waals surface area contributed by atoms with Crippen LogP contribution in [0.1, 0.15) is 56.1 Å². The summed E-state index contributed by atoms with van der Waals surface area (Å²) in [5.41, 5.74) is 2.82. The number of hydrogen-bond donors (Lipinski definition) is 0. The van der Waals surface area contributed by atoms with Crippen LogP contribution in [-0.2, 0) is 9.53 Å². The number of carbonyl (C=O) groups is 1. The van der Waals surface area contributed by atoms with Crippen LogP contribution in [0.2, 0.25) is 0 Å². The summed E-state index contributed by atoms with van der Waals surface area (Å²) in [6.07, 6.45) is 2.65. The molecule has 2 saturated heterocycles. The van der Waals surface area contributed by atoms with Gasteiger partial charge in [-0.15, -0.1) is 0 Å². The Morgan fingerprint density at radius 1 is 1.33 bits per heavy atom. The lowest BCUT2D eigenvalue weighted by atomic mass is 9.84. The lowest BCUT2D eigenvalue weighted by molar-refractivity contribution is -0.136. The van der Waals surface area contributed by atoms with E-state index in [9.17, 15) is 4.79 Å². The van der Waals surface area contributed by atoms with Crippen molar-refractivity contribution >= 4 is 5.91 Å². The molecule has 1 radical (unpaired) electrons. The molecule has 2 unspecified atom stereocenters. The van der Waals surface area contributed by atoms with Gasteiger partial charge in [0, 0.05) is 32.1 Å². The van der Waals surface area contributed by atoms with E-state index in [0.717, 1.165) is 32.5 Å². The molecular formula is C20H29N2O2. The van der Waals surface area contributed by atoms with E-state index < -0.39 is 0 Å². The largest absolute Gasteiger partial charge is 0.378 e. The first-order valence-corrected chi connectivity index (χ1v) is 9.25. The van der Waals surface area contributed by atoms with E-state index in [-0.39, 0.29) is 11.9 Å². The van der Waals surface area contributed by atoms with Crippen molar-refractivity contribution < 1.29 is 9.53 Å². The minimum atomic E-state index is 0.168. The predicted octanol–water partition coefficient (Wildman–Crippen LogP) is 2.91. The molecule has 131 valence electrons. The van der Waals surface area contributed by atoms with Gasteiger partial charge in [-0.1, -0.05) is 38.1 Å². The molecule has 1 aromatic rings. The number of amides is 1. The Morgan fingerprint density at radius 2 is 2.12 bits per heavy atom. The second-order valence-electron chi connectivity index (χ2n) is 7.30. The third kappa shape index (κ3) is 4.37. The Bertz CT molecular complexity index is 552. The molecule has 2 aliphatic rings. The number of nitrogens with zero attached hydrogens (tertiary/aromatic N) is 2. The summed E-state index contributed by atoms with van der Waals surface area (Å²) in [6, 6.07) is 9.14. The van der Waals surface area contributed by atoms with Crippen molar-refractivity contribution in [1.82, 2.24) is 10.2 Å². The summed E-state index contributed by atoms with van der Waals surface area (Å²) in [5.74, 6) is 1.32. The molecule has 2 aliphatic heterocycles. The smallest absolute Gasteiger partial charge is 0.224 e. The monoisotopic (exact) mass is 329 g/mol. The number of hydrogen-bond acceptors (Lipinski definition) is 2. The van der Waals surface area contributed by atoms with Crippen LogP contribution in [0.4, 0.5) is 0 Å². The molecule has 3 rings (SSSR count). The van der Waals surface area contributed by atoms with Crippen molar-refractivity contribution in [3.8, 4) is 0 Å². The lowest BCUT2D eigenvalue weighted by Crippen LogP contribution is -2.44. The fraction of sp³-hybridized carbons (Fsp3) is 0.650. The van der Waals surface area contributed by atoms with Gasteiger partial charge >= 0.3 is 0 Å². The first-order valence-electron chi connectivity index (χ1n) is 9.25. The molecule has 0 bridgehead atoms. The minimum absolute atomic E-state index is 0.168. The zero-order chi connectivity index (χ0) is 16.9. The highest BCUT2D eigenvalue weighted by Crippen LogP contribution is 2.31. The average molecular weight is 329 g/mol. The van der Waals surface area contributed by atoms with Gasteiger partial charge in [0.1, 0.15) is 0 Å². The van der Waals surface area contributed by atoms with Crippen LogP contribution < -0.4 is 5.32 Å². The van der Waals surface area contributed by atoms with Crippen LogP contribution in [0.3, 0.4) is 0 Å². The van der Waals surface area contributed by atoms with Crippen molar-refractivity contribution in [3.05, 3.63) is 35.4 Å². The molecule has 0 spiro atoms. The molecule has 0 aromatic heterocycles. The zero-order valence-corrected chi connectivity index (χ0v) is 14.9. The Kier molecular flexibility index (Phi) is 5.90. The molecule has 2 fully saturated rings. The maximum Gasteiger partial charge on any atom is 0.224 e. The Balaban J connectivity index is 1.59. The summed E-state index contributed by atoms with van der Waals surface area (Å²) in [5, 5.41) is 4.72. The minimum Gasteiger partial charge on any atom is -0.378 e. The summed E-state index contributed by atoms with van der Waals surface area (Å²) >= 11 is 0. The molecule has 0 N–H and O–H groups in total. The third-order valence-electron chi connectivity index (χ3n) is 5.24. The van der Waals surface area contributed by atoms with Gasteiger partial charge in [0.15, 0.2) is 0 Å². The highest BCUT2D eigenvalue weighted by molar-refractivity contribution is 5.77. The molecular weight excluding hydrogens is 300 g/mol. The summed E-state index contributed by atoms with van der Waals surface area (Å²) in [4.78, 5) is 14.4. The zero-order valence-electron chi connectivity index (χ0n) is 14.9. The van der Waals surface area contributed by atoms with Gasteiger partial charge in [-0.25, -0.2) is 5.32 Å². The predicted molar refractivity (Wildman–Crippen MR) is 95.3 cm³/mol. The van der Waals surface area contributed by atoms with E-state index in [2.05, 4.69) is 38.1 Å². The second-order valence-corrected chi connectivity index (χ2v) is 7.30. The fourth-order valence-electron chi connectivity index (χ4n) is 3.70. The number of morpholine rings is 1. The number of ether oxygens (including phenoxy) is 1. The summed E-state index contributed by atoms with van der Waals surface area (Å²) in [7, 11) is 0. The molecule has 24 heavy (non-hydrogen) atoms. The van der Waals surface area contributed by atoms with E-state index in [1.54, 1.807) is 0 Å². The van der Waals surface area contributed by atoms with E-state index in [4.69, 9.17) is 10.1 Å². The molecule has 4 nitrogen and oxygen atoms in total. The topological polar surface area (TPSA) is 43.6 Å². The number of piperidine rings is 1. The molecule has 2 atom stereocenters. The Morgan fingerprint density at radius 3 is 2.88 bits per heavy atom. The van der Waals surface area contributed by atoms with Gasteiger partial charge in [-0.05, 0) is 35.8 Å². The highest BCUT2D eigenvalue weighted by Gasteiger charge is 2.28. The normalized spacial score (nSPS) is 25.0. The molecule has 1 aromatic carbocycles.